The summed E-state index contributed by atoms with van der Waals surface area (Å²) < 4.78 is 4.68. The molecule has 0 amide bonds. The molecule has 0 fully saturated rings. The number of rotatable bonds is 2. The number of aryl methyl sites for hydroxylation is 1. The highest BCUT2D eigenvalue weighted by atomic mass is 16.5. The lowest BCUT2D eigenvalue weighted by atomic mass is 9.99. The van der Waals surface area contributed by atoms with Crippen molar-refractivity contribution in [1.29, 1.82) is 0 Å². The van der Waals surface area contributed by atoms with Crippen LogP contribution < -0.4 is 5.43 Å². The minimum atomic E-state index is -1.70. The fourth-order valence-electron chi connectivity index (χ4n) is 2.28. The number of methoxy groups -OCH3 is 1. The van der Waals surface area contributed by atoms with E-state index in [-0.39, 0.29) is 6.42 Å². The van der Waals surface area contributed by atoms with Gasteiger partial charge in [-0.2, -0.15) is 5.10 Å². The molecule has 0 heterocycles. The Bertz CT molecular complexity index is 525. The standard InChI is InChI=1S/C13H16N2O3/c1-8-4-5-10-9(6-8)7-13(17,12(16)18-3)11(10)15-14-2/h4-6,14,17H,7H2,1-3H3/b15-11+. The van der Waals surface area contributed by atoms with Gasteiger partial charge in [0.25, 0.3) is 0 Å². The molecule has 1 aromatic carbocycles. The molecule has 5 nitrogen and oxygen atoms in total. The van der Waals surface area contributed by atoms with Crippen molar-refractivity contribution in [1.82, 2.24) is 5.43 Å². The first-order chi connectivity index (χ1) is 8.52. The first-order valence-corrected chi connectivity index (χ1v) is 5.68. The van der Waals surface area contributed by atoms with Crippen molar-refractivity contribution in [3.8, 4) is 0 Å². The zero-order valence-electron chi connectivity index (χ0n) is 10.7. The molecule has 96 valence electrons. The van der Waals surface area contributed by atoms with E-state index in [1.165, 1.54) is 7.11 Å². The third kappa shape index (κ3) is 1.76. The maximum atomic E-state index is 11.8. The molecule has 1 aliphatic rings. The number of carbonyl (C=O) groups is 1. The molecule has 0 bridgehead atoms. The summed E-state index contributed by atoms with van der Waals surface area (Å²) in [6.45, 7) is 1.96. The number of fused-ring (bicyclic) bond motifs is 1. The zero-order chi connectivity index (χ0) is 13.3. The van der Waals surface area contributed by atoms with Crippen molar-refractivity contribution in [3.05, 3.63) is 34.9 Å². The predicted molar refractivity (Wildman–Crippen MR) is 67.4 cm³/mol. The quantitative estimate of drug-likeness (QED) is 0.586. The molecule has 0 spiro atoms. The molecule has 1 aromatic rings. The Balaban J connectivity index is 2.56. The SMILES string of the molecule is CN/N=C1\c2ccc(C)cc2CC1(O)C(=O)OC. The lowest BCUT2D eigenvalue weighted by Gasteiger charge is -2.19. The number of ether oxygens (including phenoxy) is 1. The van der Waals surface area contributed by atoms with E-state index < -0.39 is 11.6 Å². The Hall–Kier alpha value is -1.88. The summed E-state index contributed by atoms with van der Waals surface area (Å²) in [6.07, 6.45) is 0.192. The lowest BCUT2D eigenvalue weighted by molar-refractivity contribution is -0.154. The van der Waals surface area contributed by atoms with E-state index in [1.54, 1.807) is 7.05 Å². The molecule has 2 N–H and O–H groups in total. The van der Waals surface area contributed by atoms with Crippen LogP contribution in [0, 0.1) is 6.92 Å². The highest BCUT2D eigenvalue weighted by molar-refractivity contribution is 6.21. The number of hydrogen-bond donors (Lipinski definition) is 2. The molecule has 0 aromatic heterocycles. The van der Waals surface area contributed by atoms with Crippen LogP contribution in [-0.2, 0) is 16.0 Å². The Labute approximate surface area is 105 Å². The van der Waals surface area contributed by atoms with Gasteiger partial charge in [-0.1, -0.05) is 23.8 Å². The van der Waals surface area contributed by atoms with Crippen molar-refractivity contribution < 1.29 is 14.6 Å². The van der Waals surface area contributed by atoms with Crippen molar-refractivity contribution in [2.75, 3.05) is 14.2 Å². The topological polar surface area (TPSA) is 70.9 Å². The van der Waals surface area contributed by atoms with E-state index in [1.807, 2.05) is 25.1 Å². The summed E-state index contributed by atoms with van der Waals surface area (Å²) in [5.41, 5.74) is 3.99. The summed E-state index contributed by atoms with van der Waals surface area (Å²) in [7, 11) is 2.88. The van der Waals surface area contributed by atoms with Crippen LogP contribution in [0.1, 0.15) is 16.7 Å². The Morgan fingerprint density at radius 3 is 2.89 bits per heavy atom. The molecule has 5 heteroatoms. The smallest absolute Gasteiger partial charge is 0.344 e. The monoisotopic (exact) mass is 248 g/mol. The van der Waals surface area contributed by atoms with E-state index in [2.05, 4.69) is 15.3 Å². The van der Waals surface area contributed by atoms with Gasteiger partial charge in [0.2, 0.25) is 5.60 Å². The molecule has 0 saturated carbocycles. The van der Waals surface area contributed by atoms with E-state index in [0.717, 1.165) is 16.7 Å². The first-order valence-electron chi connectivity index (χ1n) is 5.68. The molecule has 2 rings (SSSR count). The number of esters is 1. The number of hydrazone groups is 1. The van der Waals surface area contributed by atoms with Crippen molar-refractivity contribution in [3.63, 3.8) is 0 Å². The third-order valence-electron chi connectivity index (χ3n) is 3.10. The number of benzene rings is 1. The average molecular weight is 248 g/mol. The summed E-state index contributed by atoms with van der Waals surface area (Å²) >= 11 is 0. The van der Waals surface area contributed by atoms with Gasteiger partial charge in [0.1, 0.15) is 5.71 Å². The maximum absolute atomic E-state index is 11.8. The number of carbonyl (C=O) groups excluding carboxylic acids is 1. The molecule has 18 heavy (non-hydrogen) atoms. The summed E-state index contributed by atoms with van der Waals surface area (Å²) in [6, 6.07) is 5.73. The van der Waals surface area contributed by atoms with Gasteiger partial charge in [0, 0.05) is 19.0 Å². The molecular weight excluding hydrogens is 232 g/mol. The van der Waals surface area contributed by atoms with Crippen molar-refractivity contribution in [2.24, 2.45) is 5.10 Å². The van der Waals surface area contributed by atoms with E-state index in [0.29, 0.717) is 5.71 Å². The number of hydrogen-bond acceptors (Lipinski definition) is 5. The van der Waals surface area contributed by atoms with Gasteiger partial charge >= 0.3 is 5.97 Å². The molecule has 1 aliphatic carbocycles. The van der Waals surface area contributed by atoms with Crippen molar-refractivity contribution >= 4 is 11.7 Å². The van der Waals surface area contributed by atoms with Crippen LogP contribution >= 0.6 is 0 Å². The van der Waals surface area contributed by atoms with Gasteiger partial charge in [0.15, 0.2) is 0 Å². The fourth-order valence-corrected chi connectivity index (χ4v) is 2.28. The van der Waals surface area contributed by atoms with E-state index >= 15 is 0 Å². The second kappa shape index (κ2) is 4.42. The van der Waals surface area contributed by atoms with Crippen molar-refractivity contribution in [2.45, 2.75) is 18.9 Å². The van der Waals surface area contributed by atoms with Crippen LogP contribution in [0.3, 0.4) is 0 Å². The number of nitrogens with one attached hydrogen (secondary N) is 1. The highest BCUT2D eigenvalue weighted by Crippen LogP contribution is 2.32. The van der Waals surface area contributed by atoms with Gasteiger partial charge in [-0.25, -0.2) is 4.79 Å². The predicted octanol–water partition coefficient (Wildman–Crippen LogP) is 0.379. The second-order valence-corrected chi connectivity index (χ2v) is 4.37. The fraction of sp³-hybridized carbons (Fsp3) is 0.385. The zero-order valence-corrected chi connectivity index (χ0v) is 10.7. The first kappa shape index (κ1) is 12.6. The maximum Gasteiger partial charge on any atom is 0.344 e. The van der Waals surface area contributed by atoms with Crippen LogP contribution in [0.2, 0.25) is 0 Å². The highest BCUT2D eigenvalue weighted by Gasteiger charge is 2.49. The minimum absolute atomic E-state index is 0.192. The Morgan fingerprint density at radius 1 is 1.56 bits per heavy atom. The molecule has 0 aliphatic heterocycles. The summed E-state index contributed by atoms with van der Waals surface area (Å²) in [5, 5.41) is 14.6. The summed E-state index contributed by atoms with van der Waals surface area (Å²) in [5.74, 6) is -0.689. The van der Waals surface area contributed by atoms with Gasteiger partial charge in [0.05, 0.1) is 7.11 Å². The van der Waals surface area contributed by atoms with Gasteiger partial charge in [-0.05, 0) is 12.5 Å². The third-order valence-corrected chi connectivity index (χ3v) is 3.10. The molecular formula is C13H16N2O3. The Morgan fingerprint density at radius 2 is 2.28 bits per heavy atom. The van der Waals surface area contributed by atoms with Crippen LogP contribution in [-0.4, -0.2) is 36.5 Å². The van der Waals surface area contributed by atoms with Crippen LogP contribution in [0.5, 0.6) is 0 Å². The molecule has 1 unspecified atom stereocenters. The van der Waals surface area contributed by atoms with Crippen LogP contribution in [0.4, 0.5) is 0 Å². The van der Waals surface area contributed by atoms with Crippen LogP contribution in [0.15, 0.2) is 23.3 Å². The molecule has 0 saturated heterocycles. The minimum Gasteiger partial charge on any atom is -0.467 e. The van der Waals surface area contributed by atoms with Crippen LogP contribution in [0.25, 0.3) is 0 Å². The van der Waals surface area contributed by atoms with E-state index in [9.17, 15) is 9.90 Å². The number of aliphatic hydroxyl groups is 1. The number of nitrogens with zero attached hydrogens (tertiary/aromatic N) is 1. The lowest BCUT2D eigenvalue weighted by Crippen LogP contribution is -2.46. The average Bonchev–Trinajstić information content (AvgIpc) is 2.62. The summed E-state index contributed by atoms with van der Waals surface area (Å²) in [4.78, 5) is 11.8. The van der Waals surface area contributed by atoms with Gasteiger partial charge in [-0.3, -0.25) is 0 Å². The van der Waals surface area contributed by atoms with Gasteiger partial charge in [-0.15, -0.1) is 0 Å². The second-order valence-electron chi connectivity index (χ2n) is 4.37. The largest absolute Gasteiger partial charge is 0.467 e. The molecule has 0 radical (unpaired) electrons. The van der Waals surface area contributed by atoms with E-state index in [4.69, 9.17) is 0 Å². The normalized spacial score (nSPS) is 23.9. The Kier molecular flexibility index (Phi) is 3.09. The van der Waals surface area contributed by atoms with Gasteiger partial charge < -0.3 is 15.3 Å². The molecule has 1 atom stereocenters.